The minimum absolute atomic E-state index is 0.202. The standard InChI is InChI=1S/C13H13BrFNO2/c1-3-7(2)6-16-11-5-10(15)9(14)4-8(11)12(17)13(16)18/h4-5,7H,3,6H2,1-2H3. The number of carbonyl (C=O) groups excluding carboxylic acids is 2. The van der Waals surface area contributed by atoms with Crippen molar-refractivity contribution in [2.75, 3.05) is 11.4 Å². The Kier molecular flexibility index (Phi) is 3.52. The van der Waals surface area contributed by atoms with Crippen LogP contribution in [0.1, 0.15) is 30.6 Å². The van der Waals surface area contributed by atoms with Gasteiger partial charge in [-0.15, -0.1) is 0 Å². The van der Waals surface area contributed by atoms with Gasteiger partial charge in [0.15, 0.2) is 0 Å². The summed E-state index contributed by atoms with van der Waals surface area (Å²) in [4.78, 5) is 25.1. The van der Waals surface area contributed by atoms with Gasteiger partial charge in [-0.2, -0.15) is 0 Å². The first-order valence-corrected chi connectivity index (χ1v) is 6.60. The van der Waals surface area contributed by atoms with Crippen LogP contribution < -0.4 is 4.90 Å². The Bertz CT molecular complexity index is 530. The number of halogens is 2. The molecule has 2 rings (SSSR count). The number of ketones is 1. The summed E-state index contributed by atoms with van der Waals surface area (Å²) < 4.78 is 13.7. The fraction of sp³-hybridized carbons (Fsp3) is 0.385. The van der Waals surface area contributed by atoms with E-state index in [0.717, 1.165) is 6.42 Å². The molecule has 1 heterocycles. The second-order valence-corrected chi connectivity index (χ2v) is 5.40. The second kappa shape index (κ2) is 4.80. The SMILES string of the molecule is CCC(C)CN1C(=O)C(=O)c2cc(Br)c(F)cc21. The van der Waals surface area contributed by atoms with Crippen LogP contribution in [0.4, 0.5) is 10.1 Å². The van der Waals surface area contributed by atoms with Gasteiger partial charge in [0.2, 0.25) is 0 Å². The molecule has 0 aromatic heterocycles. The van der Waals surface area contributed by atoms with Crippen molar-refractivity contribution in [2.45, 2.75) is 20.3 Å². The van der Waals surface area contributed by atoms with Crippen molar-refractivity contribution in [1.29, 1.82) is 0 Å². The quantitative estimate of drug-likeness (QED) is 0.804. The zero-order chi connectivity index (χ0) is 13.4. The van der Waals surface area contributed by atoms with E-state index in [4.69, 9.17) is 0 Å². The predicted octanol–water partition coefficient (Wildman–Crippen LogP) is 3.16. The molecule has 3 nitrogen and oxygen atoms in total. The van der Waals surface area contributed by atoms with Gasteiger partial charge in [0, 0.05) is 6.54 Å². The van der Waals surface area contributed by atoms with E-state index in [9.17, 15) is 14.0 Å². The summed E-state index contributed by atoms with van der Waals surface area (Å²) in [5, 5.41) is 0. The van der Waals surface area contributed by atoms with Gasteiger partial charge >= 0.3 is 0 Å². The van der Waals surface area contributed by atoms with Crippen LogP contribution in [0.15, 0.2) is 16.6 Å². The lowest BCUT2D eigenvalue weighted by Gasteiger charge is -2.20. The number of rotatable bonds is 3. The number of anilines is 1. The van der Waals surface area contributed by atoms with Crippen molar-refractivity contribution < 1.29 is 14.0 Å². The first-order chi connectivity index (χ1) is 8.45. The molecule has 1 aliphatic rings. The Balaban J connectivity index is 2.45. The molecular weight excluding hydrogens is 301 g/mol. The third kappa shape index (κ3) is 2.07. The highest BCUT2D eigenvalue weighted by molar-refractivity contribution is 9.10. The van der Waals surface area contributed by atoms with E-state index in [2.05, 4.69) is 15.9 Å². The van der Waals surface area contributed by atoms with Crippen LogP contribution in [0.5, 0.6) is 0 Å². The van der Waals surface area contributed by atoms with E-state index in [1.807, 2.05) is 13.8 Å². The predicted molar refractivity (Wildman–Crippen MR) is 70.2 cm³/mol. The highest BCUT2D eigenvalue weighted by Gasteiger charge is 2.37. The lowest BCUT2D eigenvalue weighted by Crippen LogP contribution is -2.33. The van der Waals surface area contributed by atoms with E-state index in [1.165, 1.54) is 17.0 Å². The average molecular weight is 314 g/mol. The van der Waals surface area contributed by atoms with Gasteiger partial charge in [-0.05, 0) is 34.0 Å². The number of nitrogens with zero attached hydrogens (tertiary/aromatic N) is 1. The van der Waals surface area contributed by atoms with Crippen LogP contribution in [0.2, 0.25) is 0 Å². The molecule has 1 unspecified atom stereocenters. The van der Waals surface area contributed by atoms with Gasteiger partial charge in [-0.1, -0.05) is 20.3 Å². The zero-order valence-corrected chi connectivity index (χ0v) is 11.8. The Hall–Kier alpha value is -1.23. The molecule has 0 saturated heterocycles. The highest BCUT2D eigenvalue weighted by atomic mass is 79.9. The first kappa shape index (κ1) is 13.2. The van der Waals surface area contributed by atoms with Gasteiger partial charge < -0.3 is 4.90 Å². The molecule has 0 aliphatic carbocycles. The third-order valence-electron chi connectivity index (χ3n) is 3.20. The van der Waals surface area contributed by atoms with Crippen LogP contribution in [0.25, 0.3) is 0 Å². The van der Waals surface area contributed by atoms with Gasteiger partial charge in [-0.25, -0.2) is 4.39 Å². The maximum Gasteiger partial charge on any atom is 0.299 e. The van der Waals surface area contributed by atoms with Gasteiger partial charge in [0.05, 0.1) is 15.7 Å². The van der Waals surface area contributed by atoms with Crippen LogP contribution in [-0.4, -0.2) is 18.2 Å². The van der Waals surface area contributed by atoms with Crippen LogP contribution in [-0.2, 0) is 4.79 Å². The minimum Gasteiger partial charge on any atom is -0.304 e. The smallest absolute Gasteiger partial charge is 0.299 e. The molecule has 5 heteroatoms. The van der Waals surface area contributed by atoms with Crippen molar-refractivity contribution in [3.05, 3.63) is 28.0 Å². The number of hydrogen-bond donors (Lipinski definition) is 0. The molecule has 0 bridgehead atoms. The number of Topliss-reactive ketones (excluding diaryl/α,β-unsaturated/α-hetero) is 1. The van der Waals surface area contributed by atoms with Gasteiger partial charge in [-0.3, -0.25) is 9.59 Å². The Morgan fingerprint density at radius 3 is 2.67 bits per heavy atom. The molecule has 0 N–H and O–H groups in total. The summed E-state index contributed by atoms with van der Waals surface area (Å²) in [5.74, 6) is -1.33. The number of fused-ring (bicyclic) bond motifs is 1. The van der Waals surface area contributed by atoms with Crippen molar-refractivity contribution in [3.63, 3.8) is 0 Å². The molecule has 1 aromatic carbocycles. The molecule has 96 valence electrons. The van der Waals surface area contributed by atoms with Crippen LogP contribution in [0, 0.1) is 11.7 Å². The summed E-state index contributed by atoms with van der Waals surface area (Å²) in [6, 6.07) is 2.62. The fourth-order valence-corrected chi connectivity index (χ4v) is 2.25. The molecule has 0 saturated carbocycles. The summed E-state index contributed by atoms with van der Waals surface area (Å²) in [7, 11) is 0. The second-order valence-electron chi connectivity index (χ2n) is 4.54. The van der Waals surface area contributed by atoms with Gasteiger partial charge in [0.1, 0.15) is 5.82 Å². The van der Waals surface area contributed by atoms with Crippen molar-refractivity contribution in [3.8, 4) is 0 Å². The molecule has 1 atom stereocenters. The third-order valence-corrected chi connectivity index (χ3v) is 3.81. The maximum atomic E-state index is 13.5. The fourth-order valence-electron chi connectivity index (χ4n) is 1.91. The lowest BCUT2D eigenvalue weighted by molar-refractivity contribution is -0.114. The van der Waals surface area contributed by atoms with E-state index in [-0.39, 0.29) is 16.0 Å². The van der Waals surface area contributed by atoms with Crippen molar-refractivity contribution in [2.24, 2.45) is 5.92 Å². The molecule has 0 radical (unpaired) electrons. The summed E-state index contributed by atoms with van der Waals surface area (Å²) in [6.07, 6.45) is 0.895. The number of carbonyl (C=O) groups is 2. The van der Waals surface area contributed by atoms with E-state index in [1.54, 1.807) is 0 Å². The number of benzene rings is 1. The summed E-state index contributed by atoms with van der Waals surface area (Å²) >= 11 is 3.02. The Morgan fingerprint density at radius 1 is 1.39 bits per heavy atom. The average Bonchev–Trinajstić information content (AvgIpc) is 2.56. The molecule has 1 aliphatic heterocycles. The van der Waals surface area contributed by atoms with Crippen molar-refractivity contribution >= 4 is 33.3 Å². The molecule has 1 amide bonds. The Morgan fingerprint density at radius 2 is 2.06 bits per heavy atom. The molecule has 18 heavy (non-hydrogen) atoms. The normalized spacial score (nSPS) is 16.1. The first-order valence-electron chi connectivity index (χ1n) is 5.81. The van der Waals surface area contributed by atoms with Crippen LogP contribution >= 0.6 is 15.9 Å². The van der Waals surface area contributed by atoms with E-state index in [0.29, 0.717) is 12.2 Å². The molecule has 1 aromatic rings. The monoisotopic (exact) mass is 313 g/mol. The van der Waals surface area contributed by atoms with E-state index < -0.39 is 17.5 Å². The number of amides is 1. The lowest BCUT2D eigenvalue weighted by atomic mass is 10.1. The van der Waals surface area contributed by atoms with Gasteiger partial charge in [0.25, 0.3) is 11.7 Å². The van der Waals surface area contributed by atoms with Crippen molar-refractivity contribution in [1.82, 2.24) is 0 Å². The topological polar surface area (TPSA) is 37.4 Å². The number of hydrogen-bond acceptors (Lipinski definition) is 2. The highest BCUT2D eigenvalue weighted by Crippen LogP contribution is 2.33. The van der Waals surface area contributed by atoms with Crippen LogP contribution in [0.3, 0.4) is 0 Å². The summed E-state index contributed by atoms with van der Waals surface area (Å²) in [5.41, 5.74) is 0.655. The maximum absolute atomic E-state index is 13.5. The zero-order valence-electron chi connectivity index (χ0n) is 10.2. The van der Waals surface area contributed by atoms with E-state index >= 15 is 0 Å². The Labute approximate surface area is 113 Å². The molecule has 0 fully saturated rings. The minimum atomic E-state index is -0.567. The summed E-state index contributed by atoms with van der Waals surface area (Å²) in [6.45, 7) is 4.44. The molecule has 0 spiro atoms. The largest absolute Gasteiger partial charge is 0.304 e. The molecular formula is C13H13BrFNO2.